The molecule has 0 bridgehead atoms. The zero-order chi connectivity index (χ0) is 20.3. The Bertz CT molecular complexity index is 917. The molecule has 6 heteroatoms. The van der Waals surface area contributed by atoms with Crippen molar-refractivity contribution in [2.45, 2.75) is 27.7 Å². The van der Waals surface area contributed by atoms with Crippen LogP contribution in [0.1, 0.15) is 59.5 Å². The van der Waals surface area contributed by atoms with Gasteiger partial charge >= 0.3 is 0 Å². The molecule has 0 saturated carbocycles. The summed E-state index contributed by atoms with van der Waals surface area (Å²) < 4.78 is 0. The largest absolute Gasteiger partial charge is 0.298 e. The number of thiocarbonyl (C=S) groups is 2. The highest BCUT2D eigenvalue weighted by Crippen LogP contribution is 2.38. The molecular formula is C22H22N2O2S2. The van der Waals surface area contributed by atoms with E-state index in [-0.39, 0.29) is 11.8 Å². The number of rotatable bonds is 4. The molecule has 2 aliphatic heterocycles. The van der Waals surface area contributed by atoms with Crippen LogP contribution in [0.5, 0.6) is 0 Å². The Labute approximate surface area is 175 Å². The van der Waals surface area contributed by atoms with E-state index in [9.17, 15) is 9.59 Å². The number of nitrogens with zero attached hydrogens (tertiary/aromatic N) is 2. The van der Waals surface area contributed by atoms with Gasteiger partial charge in [0, 0.05) is 46.1 Å². The Balaban J connectivity index is 1.96. The van der Waals surface area contributed by atoms with Gasteiger partial charge < -0.3 is 0 Å². The van der Waals surface area contributed by atoms with E-state index in [0.717, 1.165) is 21.9 Å². The van der Waals surface area contributed by atoms with E-state index < -0.39 is 0 Å². The molecule has 2 heterocycles. The second kappa shape index (κ2) is 6.71. The normalized spacial score (nSPS) is 16.2. The molecule has 2 aromatic carbocycles. The van der Waals surface area contributed by atoms with Crippen molar-refractivity contribution in [3.8, 4) is 0 Å². The van der Waals surface area contributed by atoms with E-state index in [0.29, 0.717) is 46.0 Å². The lowest BCUT2D eigenvalue weighted by molar-refractivity contribution is 0.0826. The SMILES string of the molecule is CC(C)CN1C(=O)c2ccc3c4c(ccc(c24)C1=S)C(=S)N(CC(C)C)C3=O. The van der Waals surface area contributed by atoms with Crippen molar-refractivity contribution < 1.29 is 9.59 Å². The van der Waals surface area contributed by atoms with Crippen LogP contribution < -0.4 is 0 Å². The second-order valence-electron chi connectivity index (χ2n) is 8.30. The van der Waals surface area contributed by atoms with Crippen molar-refractivity contribution in [1.82, 2.24) is 9.80 Å². The van der Waals surface area contributed by atoms with Crippen molar-refractivity contribution in [3.05, 3.63) is 46.5 Å². The minimum Gasteiger partial charge on any atom is -0.298 e. The quantitative estimate of drug-likeness (QED) is 0.700. The van der Waals surface area contributed by atoms with Crippen LogP contribution in [0.25, 0.3) is 10.8 Å². The Morgan fingerprint density at radius 2 is 1.00 bits per heavy atom. The molecular weight excluding hydrogens is 388 g/mol. The summed E-state index contributed by atoms with van der Waals surface area (Å²) >= 11 is 11.3. The maximum atomic E-state index is 13.2. The molecule has 4 rings (SSSR count). The molecule has 2 amide bonds. The Morgan fingerprint density at radius 1 is 0.679 bits per heavy atom. The lowest BCUT2D eigenvalue weighted by Gasteiger charge is -2.35. The first-order valence-electron chi connectivity index (χ1n) is 9.54. The summed E-state index contributed by atoms with van der Waals surface area (Å²) in [6.07, 6.45) is 0. The Kier molecular flexibility index (Phi) is 4.59. The van der Waals surface area contributed by atoms with Crippen LogP contribution in [-0.2, 0) is 0 Å². The molecule has 0 unspecified atom stereocenters. The van der Waals surface area contributed by atoms with Gasteiger partial charge in [-0.05, 0) is 24.0 Å². The molecule has 0 N–H and O–H groups in total. The highest BCUT2D eigenvalue weighted by atomic mass is 32.1. The molecule has 2 aromatic rings. The minimum atomic E-state index is -0.0992. The number of carbonyl (C=O) groups excluding carboxylic acids is 2. The Morgan fingerprint density at radius 3 is 1.32 bits per heavy atom. The van der Waals surface area contributed by atoms with Crippen molar-refractivity contribution in [2.75, 3.05) is 13.1 Å². The van der Waals surface area contributed by atoms with Gasteiger partial charge in [-0.3, -0.25) is 19.4 Å². The van der Waals surface area contributed by atoms with E-state index >= 15 is 0 Å². The first kappa shape index (κ1) is 19.2. The third kappa shape index (κ3) is 2.70. The third-order valence-corrected chi connectivity index (χ3v) is 6.04. The van der Waals surface area contributed by atoms with Gasteiger partial charge in [0.15, 0.2) is 0 Å². The van der Waals surface area contributed by atoms with Crippen LogP contribution in [0, 0.1) is 11.8 Å². The molecule has 28 heavy (non-hydrogen) atoms. The van der Waals surface area contributed by atoms with Gasteiger partial charge in [-0.1, -0.05) is 64.3 Å². The van der Waals surface area contributed by atoms with Crippen molar-refractivity contribution in [1.29, 1.82) is 0 Å². The van der Waals surface area contributed by atoms with Crippen LogP contribution in [0.3, 0.4) is 0 Å². The zero-order valence-corrected chi connectivity index (χ0v) is 18.0. The van der Waals surface area contributed by atoms with Crippen LogP contribution in [0.2, 0.25) is 0 Å². The molecule has 0 radical (unpaired) electrons. The summed E-state index contributed by atoms with van der Waals surface area (Å²) in [5.74, 6) is 0.404. The number of carbonyl (C=O) groups is 2. The average Bonchev–Trinajstić information content (AvgIpc) is 2.64. The van der Waals surface area contributed by atoms with Gasteiger partial charge in [-0.25, -0.2) is 0 Å². The Hall–Kier alpha value is -2.18. The van der Waals surface area contributed by atoms with Crippen LogP contribution in [0.15, 0.2) is 24.3 Å². The first-order chi connectivity index (χ1) is 13.2. The molecule has 144 valence electrons. The van der Waals surface area contributed by atoms with Gasteiger partial charge in [0.2, 0.25) is 0 Å². The second-order valence-corrected chi connectivity index (χ2v) is 9.07. The van der Waals surface area contributed by atoms with E-state index in [4.69, 9.17) is 24.4 Å². The summed E-state index contributed by atoms with van der Waals surface area (Å²) in [6.45, 7) is 9.39. The van der Waals surface area contributed by atoms with E-state index in [2.05, 4.69) is 27.7 Å². The summed E-state index contributed by atoms with van der Waals surface area (Å²) in [5, 5.41) is 1.54. The zero-order valence-electron chi connectivity index (χ0n) is 16.4. The van der Waals surface area contributed by atoms with Gasteiger partial charge in [0.05, 0.1) is 0 Å². The van der Waals surface area contributed by atoms with Gasteiger partial charge in [-0.15, -0.1) is 0 Å². The van der Waals surface area contributed by atoms with E-state index in [1.54, 1.807) is 21.9 Å². The van der Waals surface area contributed by atoms with Crippen molar-refractivity contribution in [2.24, 2.45) is 11.8 Å². The summed E-state index contributed by atoms with van der Waals surface area (Å²) in [4.78, 5) is 30.7. The summed E-state index contributed by atoms with van der Waals surface area (Å²) in [7, 11) is 0. The van der Waals surface area contributed by atoms with Gasteiger partial charge in [0.1, 0.15) is 9.98 Å². The maximum Gasteiger partial charge on any atom is 0.259 e. The lowest BCUT2D eigenvalue weighted by Crippen LogP contribution is -2.44. The smallest absolute Gasteiger partial charge is 0.259 e. The standard InChI is InChI=1S/C22H22N2O2S2/c1-11(2)9-23-19(25)13-5-6-14-18-16(8-7-15(17(13)18)21(23)27)22(28)24(20(14)26)10-12(3)4/h5-8,11-12H,9-10H2,1-4H3. The maximum absolute atomic E-state index is 13.2. The number of benzene rings is 2. The van der Waals surface area contributed by atoms with E-state index in [1.807, 2.05) is 12.1 Å². The average molecular weight is 411 g/mol. The number of hydrogen-bond acceptors (Lipinski definition) is 4. The first-order valence-corrected chi connectivity index (χ1v) is 10.4. The lowest BCUT2D eigenvalue weighted by atomic mass is 9.86. The highest BCUT2D eigenvalue weighted by Gasteiger charge is 2.37. The molecule has 0 fully saturated rings. The third-order valence-electron chi connectivity index (χ3n) is 5.16. The highest BCUT2D eigenvalue weighted by molar-refractivity contribution is 7.81. The molecule has 0 aromatic heterocycles. The van der Waals surface area contributed by atoms with Gasteiger partial charge in [-0.2, -0.15) is 0 Å². The number of hydrogen-bond donors (Lipinski definition) is 0. The predicted octanol–water partition coefficient (Wildman–Crippen LogP) is 4.41. The summed E-state index contributed by atoms with van der Waals surface area (Å²) in [6, 6.07) is 7.43. The van der Waals surface area contributed by atoms with Crippen molar-refractivity contribution >= 4 is 57.0 Å². The molecule has 2 aliphatic rings. The molecule has 0 spiro atoms. The molecule has 0 saturated heterocycles. The fourth-order valence-electron chi connectivity index (χ4n) is 4.04. The molecule has 0 atom stereocenters. The monoisotopic (exact) mass is 410 g/mol. The predicted molar refractivity (Wildman–Crippen MR) is 119 cm³/mol. The molecule has 4 nitrogen and oxygen atoms in total. The topological polar surface area (TPSA) is 40.6 Å². The number of amides is 2. The summed E-state index contributed by atoms with van der Waals surface area (Å²) in [5.41, 5.74) is 2.85. The van der Waals surface area contributed by atoms with Crippen molar-refractivity contribution in [3.63, 3.8) is 0 Å². The van der Waals surface area contributed by atoms with Crippen LogP contribution >= 0.6 is 24.4 Å². The van der Waals surface area contributed by atoms with Gasteiger partial charge in [0.25, 0.3) is 11.8 Å². The minimum absolute atomic E-state index is 0.0992. The fourth-order valence-corrected chi connectivity index (χ4v) is 4.69. The fraction of sp³-hybridized carbons (Fsp3) is 0.364. The van der Waals surface area contributed by atoms with Crippen LogP contribution in [-0.4, -0.2) is 44.7 Å². The molecule has 0 aliphatic carbocycles. The van der Waals surface area contributed by atoms with Crippen LogP contribution in [0.4, 0.5) is 0 Å². The van der Waals surface area contributed by atoms with E-state index in [1.165, 1.54) is 0 Å².